The van der Waals surface area contributed by atoms with Crippen LogP contribution in [0.4, 0.5) is 0 Å². The average Bonchev–Trinajstić information content (AvgIpc) is 2.76. The molecule has 1 amide bonds. The fourth-order valence-corrected chi connectivity index (χ4v) is 2.29. The number of hydrogen-bond acceptors (Lipinski definition) is 5. The molecule has 1 aromatic heterocycles. The molecule has 98 valence electrons. The summed E-state index contributed by atoms with van der Waals surface area (Å²) >= 11 is 1.07. The molecule has 1 atom stereocenters. The van der Waals surface area contributed by atoms with Gasteiger partial charge in [0.05, 0.1) is 11.8 Å². The van der Waals surface area contributed by atoms with Crippen LogP contribution in [0, 0.1) is 11.3 Å². The van der Waals surface area contributed by atoms with Gasteiger partial charge in [-0.1, -0.05) is 38.6 Å². The fourth-order valence-electron chi connectivity index (χ4n) is 1.51. The lowest BCUT2D eigenvalue weighted by atomic mass is 9.91. The molecule has 0 spiro atoms. The van der Waals surface area contributed by atoms with E-state index in [2.05, 4.69) is 21.0 Å². The van der Waals surface area contributed by atoms with Gasteiger partial charge in [-0.3, -0.25) is 4.79 Å². The predicted octanol–water partition coefficient (Wildman–Crippen LogP) is 2.26. The van der Waals surface area contributed by atoms with Crippen LogP contribution in [-0.4, -0.2) is 21.5 Å². The minimum Gasteiger partial charge on any atom is -0.335 e. The van der Waals surface area contributed by atoms with Crippen molar-refractivity contribution in [1.82, 2.24) is 14.9 Å². The topological polar surface area (TPSA) is 78.7 Å². The van der Waals surface area contributed by atoms with E-state index in [0.29, 0.717) is 17.0 Å². The SMILES string of the molecule is CCCC(C#N)NC(=O)c1snnc1C(C)(C)C. The summed E-state index contributed by atoms with van der Waals surface area (Å²) in [6.45, 7) is 7.92. The average molecular weight is 266 g/mol. The molecule has 0 saturated heterocycles. The van der Waals surface area contributed by atoms with E-state index in [9.17, 15) is 4.79 Å². The lowest BCUT2D eigenvalue weighted by Crippen LogP contribution is -2.34. The van der Waals surface area contributed by atoms with Gasteiger partial charge in [0.1, 0.15) is 10.9 Å². The Hall–Kier alpha value is -1.48. The number of carbonyl (C=O) groups excluding carboxylic acids is 1. The number of nitriles is 1. The fraction of sp³-hybridized carbons (Fsp3) is 0.667. The van der Waals surface area contributed by atoms with E-state index in [4.69, 9.17) is 5.26 Å². The van der Waals surface area contributed by atoms with Gasteiger partial charge in [0.25, 0.3) is 5.91 Å². The zero-order valence-corrected chi connectivity index (χ0v) is 12.0. The van der Waals surface area contributed by atoms with Gasteiger partial charge in [0.15, 0.2) is 0 Å². The third kappa shape index (κ3) is 3.50. The van der Waals surface area contributed by atoms with E-state index in [1.54, 1.807) is 0 Å². The zero-order valence-electron chi connectivity index (χ0n) is 11.1. The predicted molar refractivity (Wildman–Crippen MR) is 70.4 cm³/mol. The Labute approximate surface area is 111 Å². The van der Waals surface area contributed by atoms with Gasteiger partial charge in [0, 0.05) is 5.41 Å². The number of nitrogens with zero attached hydrogens (tertiary/aromatic N) is 3. The minimum absolute atomic E-state index is 0.230. The largest absolute Gasteiger partial charge is 0.335 e. The van der Waals surface area contributed by atoms with Crippen molar-refractivity contribution in [2.24, 2.45) is 0 Å². The molecular weight excluding hydrogens is 248 g/mol. The summed E-state index contributed by atoms with van der Waals surface area (Å²) in [7, 11) is 0. The van der Waals surface area contributed by atoms with Crippen LogP contribution in [0.5, 0.6) is 0 Å². The van der Waals surface area contributed by atoms with Crippen molar-refractivity contribution in [1.29, 1.82) is 5.26 Å². The Morgan fingerprint density at radius 2 is 2.22 bits per heavy atom. The van der Waals surface area contributed by atoms with Crippen molar-refractivity contribution in [3.8, 4) is 6.07 Å². The zero-order chi connectivity index (χ0) is 13.8. The maximum atomic E-state index is 12.1. The molecule has 1 aromatic rings. The van der Waals surface area contributed by atoms with Crippen LogP contribution in [-0.2, 0) is 5.41 Å². The van der Waals surface area contributed by atoms with Crippen molar-refractivity contribution in [2.75, 3.05) is 0 Å². The molecule has 1 rings (SSSR count). The maximum Gasteiger partial charge on any atom is 0.266 e. The molecule has 18 heavy (non-hydrogen) atoms. The molecule has 0 bridgehead atoms. The number of nitrogens with one attached hydrogen (secondary N) is 1. The number of amides is 1. The highest BCUT2D eigenvalue weighted by Gasteiger charge is 2.27. The van der Waals surface area contributed by atoms with Crippen LogP contribution in [0.1, 0.15) is 55.9 Å². The first kappa shape index (κ1) is 14.6. The molecular formula is C12H18N4OS. The summed E-state index contributed by atoms with van der Waals surface area (Å²) in [5, 5.41) is 15.7. The highest BCUT2D eigenvalue weighted by molar-refractivity contribution is 7.08. The number of aromatic nitrogens is 2. The van der Waals surface area contributed by atoms with Crippen LogP contribution < -0.4 is 5.32 Å². The first-order chi connectivity index (χ1) is 8.40. The molecule has 5 nitrogen and oxygen atoms in total. The Balaban J connectivity index is 2.86. The maximum absolute atomic E-state index is 12.1. The molecule has 6 heteroatoms. The molecule has 0 aliphatic carbocycles. The minimum atomic E-state index is -0.447. The third-order valence-electron chi connectivity index (χ3n) is 2.44. The highest BCUT2D eigenvalue weighted by atomic mass is 32.1. The summed E-state index contributed by atoms with van der Waals surface area (Å²) in [6.07, 6.45) is 1.50. The van der Waals surface area contributed by atoms with E-state index in [-0.39, 0.29) is 11.3 Å². The summed E-state index contributed by atoms with van der Waals surface area (Å²) < 4.78 is 3.84. The second-order valence-corrected chi connectivity index (χ2v) is 5.90. The van der Waals surface area contributed by atoms with Crippen LogP contribution in [0.3, 0.4) is 0 Å². The third-order valence-corrected chi connectivity index (χ3v) is 3.17. The van der Waals surface area contributed by atoms with Gasteiger partial charge in [-0.05, 0) is 18.0 Å². The van der Waals surface area contributed by atoms with Gasteiger partial charge in [-0.2, -0.15) is 5.26 Å². The van der Waals surface area contributed by atoms with Crippen molar-refractivity contribution in [3.63, 3.8) is 0 Å². The second-order valence-electron chi connectivity index (χ2n) is 5.14. The monoisotopic (exact) mass is 266 g/mol. The first-order valence-electron chi connectivity index (χ1n) is 5.93. The summed E-state index contributed by atoms with van der Waals surface area (Å²) in [5.74, 6) is -0.255. The summed E-state index contributed by atoms with van der Waals surface area (Å²) in [4.78, 5) is 12.6. The van der Waals surface area contributed by atoms with E-state index in [1.165, 1.54) is 0 Å². The summed E-state index contributed by atoms with van der Waals surface area (Å²) in [6, 6.07) is 1.64. The van der Waals surface area contributed by atoms with Crippen LogP contribution >= 0.6 is 11.5 Å². The highest BCUT2D eigenvalue weighted by Crippen LogP contribution is 2.25. The van der Waals surface area contributed by atoms with Gasteiger partial charge >= 0.3 is 0 Å². The van der Waals surface area contributed by atoms with Crippen LogP contribution in [0.25, 0.3) is 0 Å². The molecule has 1 N–H and O–H groups in total. The van der Waals surface area contributed by atoms with Crippen molar-refractivity contribution >= 4 is 17.4 Å². The molecule has 0 aliphatic heterocycles. The van der Waals surface area contributed by atoms with E-state index >= 15 is 0 Å². The lowest BCUT2D eigenvalue weighted by Gasteiger charge is -2.17. The Kier molecular flexibility index (Phi) is 4.79. The Morgan fingerprint density at radius 1 is 1.56 bits per heavy atom. The van der Waals surface area contributed by atoms with E-state index in [0.717, 1.165) is 18.0 Å². The van der Waals surface area contributed by atoms with Crippen molar-refractivity contribution in [3.05, 3.63) is 10.6 Å². The van der Waals surface area contributed by atoms with Crippen LogP contribution in [0.15, 0.2) is 0 Å². The molecule has 0 fully saturated rings. The number of rotatable bonds is 4. The molecule has 1 heterocycles. The molecule has 0 radical (unpaired) electrons. The summed E-state index contributed by atoms with van der Waals surface area (Å²) in [5.41, 5.74) is 0.449. The second kappa shape index (κ2) is 5.91. The molecule has 0 aliphatic rings. The standard InChI is InChI=1S/C12H18N4OS/c1-5-6-8(7-13)14-11(17)9-10(12(2,3)4)15-16-18-9/h8H,5-6H2,1-4H3,(H,14,17). The normalized spacial score (nSPS) is 12.8. The Morgan fingerprint density at radius 3 is 2.72 bits per heavy atom. The quantitative estimate of drug-likeness (QED) is 0.906. The number of carbonyl (C=O) groups is 1. The van der Waals surface area contributed by atoms with Gasteiger partial charge in [-0.25, -0.2) is 0 Å². The van der Waals surface area contributed by atoms with Crippen molar-refractivity contribution in [2.45, 2.75) is 52.0 Å². The van der Waals surface area contributed by atoms with E-state index in [1.807, 2.05) is 27.7 Å². The van der Waals surface area contributed by atoms with Crippen molar-refractivity contribution < 1.29 is 4.79 Å². The molecule has 1 unspecified atom stereocenters. The molecule has 0 saturated carbocycles. The number of hydrogen-bond donors (Lipinski definition) is 1. The first-order valence-corrected chi connectivity index (χ1v) is 6.70. The van der Waals surface area contributed by atoms with E-state index < -0.39 is 6.04 Å². The van der Waals surface area contributed by atoms with Gasteiger partial charge in [0.2, 0.25) is 0 Å². The van der Waals surface area contributed by atoms with Crippen LogP contribution in [0.2, 0.25) is 0 Å². The van der Waals surface area contributed by atoms with Gasteiger partial charge in [-0.15, -0.1) is 5.10 Å². The Bertz CT molecular complexity index is 455. The smallest absolute Gasteiger partial charge is 0.266 e. The van der Waals surface area contributed by atoms with Gasteiger partial charge < -0.3 is 5.32 Å². The molecule has 0 aromatic carbocycles. The lowest BCUT2D eigenvalue weighted by molar-refractivity contribution is 0.0945.